The molecule has 0 spiro atoms. The van der Waals surface area contributed by atoms with Gasteiger partial charge in [0.1, 0.15) is 29.9 Å². The summed E-state index contributed by atoms with van der Waals surface area (Å²) in [6, 6.07) is 2.58. The zero-order valence-electron chi connectivity index (χ0n) is 22.7. The van der Waals surface area contributed by atoms with Crippen molar-refractivity contribution in [3.05, 3.63) is 34.1 Å². The lowest BCUT2D eigenvalue weighted by Gasteiger charge is -2.31. The highest BCUT2D eigenvalue weighted by Crippen LogP contribution is 2.45. The van der Waals surface area contributed by atoms with Gasteiger partial charge in [-0.1, -0.05) is 11.6 Å². The van der Waals surface area contributed by atoms with Gasteiger partial charge in [0.15, 0.2) is 5.82 Å². The number of aromatic nitrogens is 3. The van der Waals surface area contributed by atoms with Gasteiger partial charge in [-0.3, -0.25) is 4.90 Å². The van der Waals surface area contributed by atoms with Crippen LogP contribution in [0, 0.1) is 18.7 Å². The Bertz CT molecular complexity index is 1580. The molecule has 42 heavy (non-hydrogen) atoms. The number of nitrogens with zero attached hydrogens (tertiary/aromatic N) is 5. The molecule has 3 N–H and O–H groups in total. The van der Waals surface area contributed by atoms with E-state index in [2.05, 4.69) is 25.2 Å². The van der Waals surface area contributed by atoms with Crippen molar-refractivity contribution in [2.24, 2.45) is 5.92 Å². The smallest absolute Gasteiger partial charge is 0.418 e. The third-order valence-electron chi connectivity index (χ3n) is 9.21. The van der Waals surface area contributed by atoms with Gasteiger partial charge in [-0.2, -0.15) is 23.1 Å². The van der Waals surface area contributed by atoms with Gasteiger partial charge < -0.3 is 20.7 Å². The van der Waals surface area contributed by atoms with E-state index in [9.17, 15) is 17.6 Å². The summed E-state index contributed by atoms with van der Waals surface area (Å²) in [4.78, 5) is 16.9. The highest BCUT2D eigenvalue weighted by atomic mass is 35.5. The van der Waals surface area contributed by atoms with E-state index in [-0.39, 0.29) is 46.0 Å². The van der Waals surface area contributed by atoms with Gasteiger partial charge in [-0.05, 0) is 44.0 Å². The van der Waals surface area contributed by atoms with Crippen molar-refractivity contribution < 1.29 is 26.7 Å². The molecule has 4 fully saturated rings. The number of fused-ring (bicyclic) bond motifs is 3. The number of nitrogens with two attached hydrogens (primary N) is 1. The molecule has 224 valence electrons. The summed E-state index contributed by atoms with van der Waals surface area (Å²) < 4.78 is 79.4. The first-order chi connectivity index (χ1) is 19.9. The number of nitrogens with one attached hydrogen (secondary N) is 1. The molecule has 0 aliphatic carbocycles. The summed E-state index contributed by atoms with van der Waals surface area (Å²) in [6.45, 7) is 4.54. The van der Waals surface area contributed by atoms with E-state index in [1.807, 2.05) is 4.90 Å². The number of benzene rings is 1. The molecule has 4 saturated heterocycles. The quantitative estimate of drug-likeness (QED) is 0.400. The molecule has 4 atom stereocenters. The second-order valence-corrected chi connectivity index (χ2v) is 12.3. The fourth-order valence-electron chi connectivity index (χ4n) is 7.19. The van der Waals surface area contributed by atoms with Gasteiger partial charge in [0, 0.05) is 49.9 Å². The number of hydrogen-bond acceptors (Lipinski definition) is 8. The molecule has 7 rings (SSSR count). The molecule has 8 nitrogen and oxygen atoms in total. The Morgan fingerprint density at radius 1 is 1.19 bits per heavy atom. The molecule has 2 aromatic heterocycles. The van der Waals surface area contributed by atoms with Crippen LogP contribution in [0.15, 0.2) is 12.1 Å². The third kappa shape index (κ3) is 4.43. The maximum Gasteiger partial charge on any atom is 0.418 e. The molecule has 4 aliphatic rings. The van der Waals surface area contributed by atoms with E-state index in [4.69, 9.17) is 22.1 Å². The minimum Gasteiger partial charge on any atom is -0.461 e. The van der Waals surface area contributed by atoms with Crippen molar-refractivity contribution in [1.29, 1.82) is 0 Å². The molecule has 0 saturated carbocycles. The standard InChI is InChI=1S/C28H29ClF5N7O/c1-13-5-19(35)37-24(21(13)28(32,33)34)20-17(29)6-16-23(22(20)31)38-26(39-25(16)40-9-14-8-36-18(14)11-40)42-12-27-3-2-4-41(27)10-15(30)7-27/h5-6,14-15,18,36H,2-4,7-12H2,1H3,(H2,35,37)/t14?,15-,18?,27-/m1/s1. The van der Waals surface area contributed by atoms with E-state index < -0.39 is 40.5 Å². The van der Waals surface area contributed by atoms with Crippen LogP contribution in [0.4, 0.5) is 33.6 Å². The average molecular weight is 610 g/mol. The van der Waals surface area contributed by atoms with E-state index in [0.29, 0.717) is 37.8 Å². The Morgan fingerprint density at radius 3 is 2.69 bits per heavy atom. The second-order valence-electron chi connectivity index (χ2n) is 11.9. The summed E-state index contributed by atoms with van der Waals surface area (Å²) in [5.74, 6) is -0.526. The number of pyridine rings is 1. The molecular weight excluding hydrogens is 581 g/mol. The molecule has 1 aromatic carbocycles. The zero-order valence-corrected chi connectivity index (χ0v) is 23.5. The molecule has 3 aromatic rings. The Hall–Kier alpha value is -3.03. The van der Waals surface area contributed by atoms with Crippen LogP contribution >= 0.6 is 11.6 Å². The lowest BCUT2D eigenvalue weighted by molar-refractivity contribution is -0.137. The molecule has 0 bridgehead atoms. The first-order valence-electron chi connectivity index (χ1n) is 14.0. The zero-order chi connectivity index (χ0) is 29.6. The molecule has 14 heteroatoms. The Kier molecular flexibility index (Phi) is 6.45. The molecule has 0 amide bonds. The number of rotatable bonds is 5. The average Bonchev–Trinajstić information content (AvgIpc) is 3.51. The number of alkyl halides is 4. The van der Waals surface area contributed by atoms with Crippen LogP contribution in [-0.4, -0.2) is 76.9 Å². The molecule has 2 unspecified atom stereocenters. The number of halogens is 6. The highest BCUT2D eigenvalue weighted by Gasteiger charge is 2.49. The normalized spacial score (nSPS) is 27.4. The molecule has 6 heterocycles. The van der Waals surface area contributed by atoms with E-state index >= 15 is 4.39 Å². The lowest BCUT2D eigenvalue weighted by Crippen LogP contribution is -2.51. The van der Waals surface area contributed by atoms with Crippen LogP contribution in [0.3, 0.4) is 0 Å². The van der Waals surface area contributed by atoms with Crippen LogP contribution in [0.1, 0.15) is 30.4 Å². The number of hydrogen-bond donors (Lipinski definition) is 2. The minimum absolute atomic E-state index is 0.113. The van der Waals surface area contributed by atoms with Crippen molar-refractivity contribution in [2.45, 2.75) is 50.1 Å². The lowest BCUT2D eigenvalue weighted by atomic mass is 9.95. The van der Waals surface area contributed by atoms with Gasteiger partial charge in [0.2, 0.25) is 0 Å². The van der Waals surface area contributed by atoms with Crippen molar-refractivity contribution in [3.63, 3.8) is 0 Å². The van der Waals surface area contributed by atoms with E-state index in [0.717, 1.165) is 32.0 Å². The number of aryl methyl sites for hydroxylation is 1. The van der Waals surface area contributed by atoms with Gasteiger partial charge in [0.25, 0.3) is 0 Å². The van der Waals surface area contributed by atoms with Gasteiger partial charge >= 0.3 is 12.2 Å². The minimum atomic E-state index is -4.85. The monoisotopic (exact) mass is 609 g/mol. The van der Waals surface area contributed by atoms with Crippen LogP contribution in [-0.2, 0) is 6.18 Å². The molecule has 4 aliphatic heterocycles. The number of ether oxygens (including phenoxy) is 1. The first kappa shape index (κ1) is 27.8. The summed E-state index contributed by atoms with van der Waals surface area (Å²) >= 11 is 6.53. The van der Waals surface area contributed by atoms with Crippen molar-refractivity contribution in [1.82, 2.24) is 25.2 Å². The van der Waals surface area contributed by atoms with Gasteiger partial charge in [-0.25, -0.2) is 13.8 Å². The van der Waals surface area contributed by atoms with Crippen LogP contribution in [0.5, 0.6) is 6.01 Å². The SMILES string of the molecule is Cc1cc(N)nc(-c2c(Cl)cc3c(N4CC5CNC5C4)nc(OC[C@]45CCCN4C[C@H](F)C5)nc3c2F)c1C(F)(F)F. The maximum absolute atomic E-state index is 16.5. The summed E-state index contributed by atoms with van der Waals surface area (Å²) in [7, 11) is 0. The van der Waals surface area contributed by atoms with Crippen molar-refractivity contribution in [3.8, 4) is 17.3 Å². The molecule has 0 radical (unpaired) electrons. The number of anilines is 2. The van der Waals surface area contributed by atoms with Crippen LogP contribution < -0.4 is 20.7 Å². The Labute approximate surface area is 243 Å². The fraction of sp³-hybridized carbons (Fsp3) is 0.536. The fourth-order valence-corrected chi connectivity index (χ4v) is 7.47. The maximum atomic E-state index is 16.5. The van der Waals surface area contributed by atoms with Gasteiger partial charge in [0.05, 0.1) is 27.4 Å². The third-order valence-corrected chi connectivity index (χ3v) is 9.51. The Balaban J connectivity index is 1.37. The second kappa shape index (κ2) is 9.75. The summed E-state index contributed by atoms with van der Waals surface area (Å²) in [5, 5.41) is 3.33. The largest absolute Gasteiger partial charge is 0.461 e. The van der Waals surface area contributed by atoms with Crippen molar-refractivity contribution >= 4 is 34.1 Å². The summed E-state index contributed by atoms with van der Waals surface area (Å²) in [6.07, 6.45) is -3.82. The van der Waals surface area contributed by atoms with E-state index in [1.54, 1.807) is 0 Å². The summed E-state index contributed by atoms with van der Waals surface area (Å²) in [5.41, 5.74) is 2.45. The predicted molar refractivity (Wildman–Crippen MR) is 148 cm³/mol. The number of nitrogen functional groups attached to an aromatic ring is 1. The van der Waals surface area contributed by atoms with E-state index in [1.165, 1.54) is 13.0 Å². The van der Waals surface area contributed by atoms with Crippen LogP contribution in [0.2, 0.25) is 5.02 Å². The topological polar surface area (TPSA) is 92.4 Å². The Morgan fingerprint density at radius 2 is 2.00 bits per heavy atom. The van der Waals surface area contributed by atoms with Crippen LogP contribution in [0.25, 0.3) is 22.2 Å². The predicted octanol–water partition coefficient (Wildman–Crippen LogP) is 4.76. The molecular formula is C28H29ClF5N7O. The van der Waals surface area contributed by atoms with Gasteiger partial charge in [-0.15, -0.1) is 0 Å². The highest BCUT2D eigenvalue weighted by molar-refractivity contribution is 6.34. The first-order valence-corrected chi connectivity index (χ1v) is 14.4. The van der Waals surface area contributed by atoms with Crippen molar-refractivity contribution in [2.75, 3.05) is 50.0 Å².